The van der Waals surface area contributed by atoms with E-state index in [9.17, 15) is 13.5 Å². The molecule has 2 aromatic rings. The molecule has 0 bridgehead atoms. The molecular weight excluding hydrogens is 462 g/mol. The van der Waals surface area contributed by atoms with Crippen LogP contribution in [-0.2, 0) is 16.6 Å². The van der Waals surface area contributed by atoms with Crippen LogP contribution in [0.5, 0.6) is 5.75 Å². The SMILES string of the molecule is CC(C)CC#Cc1ccc2c(c1)O[C@H](CN(C)Cc1cccnc1)[C@H](C)CN([C@H](C)CO)S2(=O)=O. The summed E-state index contributed by atoms with van der Waals surface area (Å²) < 4.78 is 35.0. The summed E-state index contributed by atoms with van der Waals surface area (Å²) in [6.07, 6.45) is 4.09. The maximum absolute atomic E-state index is 13.6. The lowest BCUT2D eigenvalue weighted by Gasteiger charge is -2.37. The Balaban J connectivity index is 1.97. The molecule has 0 spiro atoms. The largest absolute Gasteiger partial charge is 0.487 e. The number of aliphatic hydroxyl groups is 1. The minimum atomic E-state index is -3.86. The molecule has 0 unspecified atom stereocenters. The van der Waals surface area contributed by atoms with Crippen molar-refractivity contribution >= 4 is 10.0 Å². The van der Waals surface area contributed by atoms with Gasteiger partial charge in [-0.05, 0) is 49.7 Å². The maximum Gasteiger partial charge on any atom is 0.247 e. The van der Waals surface area contributed by atoms with Crippen molar-refractivity contribution in [2.45, 2.75) is 57.7 Å². The number of ether oxygens (including phenoxy) is 1. The summed E-state index contributed by atoms with van der Waals surface area (Å²) in [4.78, 5) is 6.45. The fourth-order valence-electron chi connectivity index (χ4n) is 4.05. The van der Waals surface area contributed by atoms with Gasteiger partial charge in [-0.1, -0.05) is 38.7 Å². The Labute approximate surface area is 210 Å². The van der Waals surface area contributed by atoms with Crippen LogP contribution in [0.1, 0.15) is 45.2 Å². The first-order valence-electron chi connectivity index (χ1n) is 12.1. The topological polar surface area (TPSA) is 83.0 Å². The van der Waals surface area contributed by atoms with Crippen molar-refractivity contribution in [1.82, 2.24) is 14.2 Å². The number of pyridine rings is 1. The molecule has 0 saturated carbocycles. The number of fused-ring (bicyclic) bond motifs is 1. The fraction of sp³-hybridized carbons (Fsp3) is 0.519. The molecule has 2 heterocycles. The van der Waals surface area contributed by atoms with Gasteiger partial charge in [0.2, 0.25) is 10.0 Å². The molecule has 0 radical (unpaired) electrons. The highest BCUT2D eigenvalue weighted by atomic mass is 32.2. The molecule has 0 aliphatic carbocycles. The standard InChI is InChI=1S/C27H37N3O4S/c1-20(2)8-6-9-23-11-12-27-25(14-23)34-26(18-29(5)17-24-10-7-13-28-15-24)21(3)16-30(22(4)19-31)35(27,32)33/h7,10-15,20-22,26,31H,8,16-19H2,1-5H3/t21-,22-,26-/m1/s1. The molecule has 1 aromatic carbocycles. The average molecular weight is 500 g/mol. The Bertz CT molecular complexity index is 1140. The monoisotopic (exact) mass is 499 g/mol. The van der Waals surface area contributed by atoms with Crippen molar-refractivity contribution in [2.24, 2.45) is 11.8 Å². The zero-order chi connectivity index (χ0) is 25.6. The summed E-state index contributed by atoms with van der Waals surface area (Å²) >= 11 is 0. The van der Waals surface area contributed by atoms with Gasteiger partial charge in [0.05, 0.1) is 6.61 Å². The molecule has 0 fully saturated rings. The molecule has 1 aromatic heterocycles. The first-order valence-corrected chi connectivity index (χ1v) is 13.6. The van der Waals surface area contributed by atoms with E-state index in [1.54, 1.807) is 31.3 Å². The number of benzene rings is 1. The van der Waals surface area contributed by atoms with Gasteiger partial charge in [0, 0.05) is 56.0 Å². The quantitative estimate of drug-likeness (QED) is 0.588. The molecular formula is C27H37N3O4S. The van der Waals surface area contributed by atoms with Crippen LogP contribution in [-0.4, -0.2) is 66.6 Å². The minimum Gasteiger partial charge on any atom is -0.487 e. The van der Waals surface area contributed by atoms with E-state index in [2.05, 4.69) is 35.6 Å². The number of nitrogens with zero attached hydrogens (tertiary/aromatic N) is 3. The summed E-state index contributed by atoms with van der Waals surface area (Å²) in [7, 11) is -1.84. The van der Waals surface area contributed by atoms with Crippen LogP contribution in [0.4, 0.5) is 0 Å². The first-order chi connectivity index (χ1) is 16.6. The first kappa shape index (κ1) is 27.2. The highest BCUT2D eigenvalue weighted by Crippen LogP contribution is 2.34. The highest BCUT2D eigenvalue weighted by Gasteiger charge is 2.38. The number of rotatable bonds is 7. The molecule has 1 aliphatic rings. The van der Waals surface area contributed by atoms with Crippen molar-refractivity contribution in [2.75, 3.05) is 26.7 Å². The number of sulfonamides is 1. The summed E-state index contributed by atoms with van der Waals surface area (Å²) in [6, 6.07) is 8.42. The third-order valence-electron chi connectivity index (χ3n) is 6.08. The molecule has 1 N–H and O–H groups in total. The Morgan fingerprint density at radius 1 is 1.29 bits per heavy atom. The van der Waals surface area contributed by atoms with Crippen molar-refractivity contribution in [3.8, 4) is 17.6 Å². The minimum absolute atomic E-state index is 0.110. The molecule has 0 saturated heterocycles. The molecule has 1 aliphatic heterocycles. The number of hydrogen-bond acceptors (Lipinski definition) is 6. The fourth-order valence-corrected chi connectivity index (χ4v) is 5.88. The van der Waals surface area contributed by atoms with Crippen molar-refractivity contribution in [3.05, 3.63) is 53.9 Å². The Morgan fingerprint density at radius 2 is 2.06 bits per heavy atom. The summed E-state index contributed by atoms with van der Waals surface area (Å²) in [6.45, 7) is 9.22. The number of aromatic nitrogens is 1. The zero-order valence-corrected chi connectivity index (χ0v) is 22.1. The van der Waals surface area contributed by atoms with Crippen LogP contribution in [0.15, 0.2) is 47.6 Å². The molecule has 0 amide bonds. The van der Waals surface area contributed by atoms with E-state index in [1.807, 2.05) is 32.3 Å². The van der Waals surface area contributed by atoms with Gasteiger partial charge in [0.25, 0.3) is 0 Å². The van der Waals surface area contributed by atoms with Crippen molar-refractivity contribution in [3.63, 3.8) is 0 Å². The van der Waals surface area contributed by atoms with Crippen LogP contribution in [0.2, 0.25) is 0 Å². The average Bonchev–Trinajstić information content (AvgIpc) is 2.81. The second-order valence-electron chi connectivity index (χ2n) is 9.86. The van der Waals surface area contributed by atoms with E-state index in [0.717, 1.165) is 17.5 Å². The van der Waals surface area contributed by atoms with Crippen LogP contribution in [0.3, 0.4) is 0 Å². The zero-order valence-electron chi connectivity index (χ0n) is 21.3. The van der Waals surface area contributed by atoms with Crippen molar-refractivity contribution in [1.29, 1.82) is 0 Å². The summed E-state index contributed by atoms with van der Waals surface area (Å²) in [5.74, 6) is 6.95. The van der Waals surface area contributed by atoms with E-state index in [-0.39, 0.29) is 30.1 Å². The van der Waals surface area contributed by atoms with Crippen molar-refractivity contribution < 1.29 is 18.3 Å². The van der Waals surface area contributed by atoms with Gasteiger partial charge in [-0.15, -0.1) is 0 Å². The predicted molar refractivity (Wildman–Crippen MR) is 137 cm³/mol. The van der Waals surface area contributed by atoms with Gasteiger partial charge in [-0.3, -0.25) is 9.88 Å². The smallest absolute Gasteiger partial charge is 0.247 e. The Kier molecular flexibility index (Phi) is 9.31. The normalized spacial score (nSPS) is 20.8. The van der Waals surface area contributed by atoms with Gasteiger partial charge < -0.3 is 9.84 Å². The molecule has 3 atom stereocenters. The number of likely N-dealkylation sites (N-methyl/N-ethyl adjacent to an activating group) is 1. The second-order valence-corrected chi connectivity index (χ2v) is 11.7. The van der Waals surface area contributed by atoms with Gasteiger partial charge >= 0.3 is 0 Å². The van der Waals surface area contributed by atoms with E-state index >= 15 is 0 Å². The number of aliphatic hydroxyl groups excluding tert-OH is 1. The van der Waals surface area contributed by atoms with Gasteiger partial charge in [0.1, 0.15) is 16.7 Å². The van der Waals surface area contributed by atoms with Crippen LogP contribution >= 0.6 is 0 Å². The molecule has 8 heteroatoms. The van der Waals surface area contributed by atoms with Gasteiger partial charge in [-0.2, -0.15) is 4.31 Å². The van der Waals surface area contributed by atoms with Crippen LogP contribution in [0.25, 0.3) is 0 Å². The Morgan fingerprint density at radius 3 is 2.71 bits per heavy atom. The second kappa shape index (κ2) is 12.0. The lowest BCUT2D eigenvalue weighted by molar-refractivity contribution is 0.0733. The summed E-state index contributed by atoms with van der Waals surface area (Å²) in [5, 5.41) is 9.81. The van der Waals surface area contributed by atoms with Gasteiger partial charge in [0.15, 0.2) is 0 Å². The van der Waals surface area contributed by atoms with Gasteiger partial charge in [-0.25, -0.2) is 8.42 Å². The van der Waals surface area contributed by atoms with Crippen LogP contribution < -0.4 is 4.74 Å². The maximum atomic E-state index is 13.6. The lowest BCUT2D eigenvalue weighted by atomic mass is 10.0. The number of hydrogen-bond donors (Lipinski definition) is 1. The Hall–Kier alpha value is -2.44. The third kappa shape index (κ3) is 7.05. The lowest BCUT2D eigenvalue weighted by Crippen LogP contribution is -2.49. The summed E-state index contributed by atoms with van der Waals surface area (Å²) in [5.41, 5.74) is 1.81. The highest BCUT2D eigenvalue weighted by molar-refractivity contribution is 7.89. The molecule has 190 valence electrons. The van der Waals surface area contributed by atoms with E-state index < -0.39 is 16.1 Å². The van der Waals surface area contributed by atoms with E-state index in [0.29, 0.717) is 24.8 Å². The molecule has 35 heavy (non-hydrogen) atoms. The van der Waals surface area contributed by atoms with E-state index in [4.69, 9.17) is 4.74 Å². The van der Waals surface area contributed by atoms with E-state index in [1.165, 1.54) is 4.31 Å². The third-order valence-corrected chi connectivity index (χ3v) is 8.10. The molecule has 7 nitrogen and oxygen atoms in total. The van der Waals surface area contributed by atoms with Crippen LogP contribution in [0, 0.1) is 23.7 Å². The molecule has 3 rings (SSSR count). The predicted octanol–water partition coefficient (Wildman–Crippen LogP) is 3.38.